The summed E-state index contributed by atoms with van der Waals surface area (Å²) in [6.45, 7) is 2.33. The molecule has 1 aliphatic rings. The van der Waals surface area contributed by atoms with Crippen LogP contribution in [0.3, 0.4) is 0 Å². The molecule has 11 heteroatoms. The molecule has 5 rings (SSSR count). The summed E-state index contributed by atoms with van der Waals surface area (Å²) >= 11 is 0. The normalized spacial score (nSPS) is 14.8. The van der Waals surface area contributed by atoms with Gasteiger partial charge in [0.05, 0.1) is 11.2 Å². The van der Waals surface area contributed by atoms with Gasteiger partial charge in [0, 0.05) is 62.2 Å². The third-order valence-corrected chi connectivity index (χ3v) is 6.05. The molecule has 2 N–H and O–H groups in total. The number of hydrogen-bond donors (Lipinski definition) is 2. The first kappa shape index (κ1) is 22.0. The summed E-state index contributed by atoms with van der Waals surface area (Å²) in [6.07, 6.45) is 0. The summed E-state index contributed by atoms with van der Waals surface area (Å²) in [5, 5.41) is 2.98. The van der Waals surface area contributed by atoms with Crippen LogP contribution in [0.4, 0.5) is 18.9 Å². The SMILES string of the molecule is CNC(=O)c1ccc(N2CCN(Cc3ccc4c([nH]c(=O)c5oc(F)cc54)c3F)CC2)c(F)n1. The molecule has 1 aliphatic heterocycles. The second-order valence-corrected chi connectivity index (χ2v) is 8.06. The fourth-order valence-corrected chi connectivity index (χ4v) is 4.29. The maximum atomic E-state index is 15.2. The molecule has 0 bridgehead atoms. The number of carbonyl (C=O) groups excluding carboxylic acids is 1. The van der Waals surface area contributed by atoms with Gasteiger partial charge < -0.3 is 19.6 Å². The number of pyridine rings is 2. The number of halogens is 3. The van der Waals surface area contributed by atoms with Gasteiger partial charge in [-0.25, -0.2) is 9.37 Å². The topological polar surface area (TPSA) is 94.5 Å². The van der Waals surface area contributed by atoms with Crippen molar-refractivity contribution < 1.29 is 22.4 Å². The van der Waals surface area contributed by atoms with E-state index in [9.17, 15) is 18.4 Å². The monoisotopic (exact) mass is 471 g/mol. The molecule has 176 valence electrons. The number of benzene rings is 1. The Labute approximate surface area is 191 Å². The fraction of sp³-hybridized carbons (Fsp3) is 0.261. The molecule has 0 saturated carbocycles. The number of fused-ring (bicyclic) bond motifs is 3. The maximum Gasteiger partial charge on any atom is 0.292 e. The van der Waals surface area contributed by atoms with E-state index in [1.165, 1.54) is 19.2 Å². The summed E-state index contributed by atoms with van der Waals surface area (Å²) in [7, 11) is 1.45. The number of H-pyrrole nitrogens is 1. The largest absolute Gasteiger partial charge is 0.425 e. The zero-order valence-electron chi connectivity index (χ0n) is 18.1. The van der Waals surface area contributed by atoms with E-state index in [0.29, 0.717) is 42.8 Å². The van der Waals surface area contributed by atoms with Gasteiger partial charge in [-0.05, 0) is 12.1 Å². The van der Waals surface area contributed by atoms with Gasteiger partial charge in [0.25, 0.3) is 17.5 Å². The van der Waals surface area contributed by atoms with E-state index >= 15 is 4.39 Å². The van der Waals surface area contributed by atoms with E-state index in [-0.39, 0.29) is 28.7 Å². The highest BCUT2D eigenvalue weighted by Gasteiger charge is 2.23. The van der Waals surface area contributed by atoms with E-state index in [2.05, 4.69) is 15.3 Å². The molecule has 0 aliphatic carbocycles. The molecule has 1 amide bonds. The number of aromatic nitrogens is 2. The predicted molar refractivity (Wildman–Crippen MR) is 119 cm³/mol. The predicted octanol–water partition coefficient (Wildman–Crippen LogP) is 2.77. The zero-order chi connectivity index (χ0) is 24.0. The Morgan fingerprint density at radius 2 is 1.88 bits per heavy atom. The molecule has 0 atom stereocenters. The summed E-state index contributed by atoms with van der Waals surface area (Å²) in [6, 6.07) is 6.39. The molecule has 4 aromatic rings. The van der Waals surface area contributed by atoms with Crippen molar-refractivity contribution in [1.29, 1.82) is 0 Å². The zero-order valence-corrected chi connectivity index (χ0v) is 18.1. The van der Waals surface area contributed by atoms with Crippen LogP contribution in [0.1, 0.15) is 16.1 Å². The second kappa shape index (κ2) is 8.49. The van der Waals surface area contributed by atoms with Crippen LogP contribution in [-0.4, -0.2) is 54.0 Å². The number of carbonyl (C=O) groups is 1. The number of aromatic amines is 1. The Hall–Kier alpha value is -3.86. The molecule has 0 spiro atoms. The van der Waals surface area contributed by atoms with E-state index in [0.717, 1.165) is 6.07 Å². The van der Waals surface area contributed by atoms with Crippen molar-refractivity contribution >= 4 is 33.5 Å². The van der Waals surface area contributed by atoms with Crippen molar-refractivity contribution in [2.75, 3.05) is 38.1 Å². The van der Waals surface area contributed by atoms with Crippen LogP contribution in [0.15, 0.2) is 39.5 Å². The van der Waals surface area contributed by atoms with E-state index in [4.69, 9.17) is 4.42 Å². The molecule has 8 nitrogen and oxygen atoms in total. The summed E-state index contributed by atoms with van der Waals surface area (Å²) in [5.74, 6) is -1.77. The Balaban J connectivity index is 1.32. The molecule has 1 aromatic carbocycles. The van der Waals surface area contributed by atoms with Gasteiger partial charge in [-0.3, -0.25) is 14.5 Å². The van der Waals surface area contributed by atoms with Gasteiger partial charge in [0.15, 0.2) is 5.82 Å². The van der Waals surface area contributed by atoms with Gasteiger partial charge in [-0.15, -0.1) is 0 Å². The summed E-state index contributed by atoms with van der Waals surface area (Å²) in [5.41, 5.74) is -0.199. The molecule has 1 fully saturated rings. The highest BCUT2D eigenvalue weighted by atomic mass is 19.1. The average molecular weight is 471 g/mol. The number of furan rings is 1. The molecule has 0 radical (unpaired) electrons. The minimum atomic E-state index is -0.912. The van der Waals surface area contributed by atoms with E-state index in [1.807, 2.05) is 9.80 Å². The highest BCUT2D eigenvalue weighted by Crippen LogP contribution is 2.28. The standard InChI is InChI=1S/C23H20F3N5O3/c1-27-22(32)15-4-5-16(21(26)28-15)31-8-6-30(7-9-31)11-12-2-3-13-14-10-17(24)34-20(14)23(33)29-19(13)18(12)25/h2-5,10H,6-9,11H2,1H3,(H,27,32)(H,29,33). The van der Waals surface area contributed by atoms with Crippen LogP contribution in [0.2, 0.25) is 0 Å². The first-order valence-corrected chi connectivity index (χ1v) is 10.6. The van der Waals surface area contributed by atoms with E-state index < -0.39 is 29.2 Å². The molecule has 34 heavy (non-hydrogen) atoms. The van der Waals surface area contributed by atoms with Crippen molar-refractivity contribution in [2.24, 2.45) is 0 Å². The van der Waals surface area contributed by atoms with Crippen molar-refractivity contribution in [3.05, 3.63) is 69.7 Å². The number of nitrogens with one attached hydrogen (secondary N) is 2. The fourth-order valence-electron chi connectivity index (χ4n) is 4.29. The average Bonchev–Trinajstić information content (AvgIpc) is 3.24. The van der Waals surface area contributed by atoms with Crippen molar-refractivity contribution in [3.8, 4) is 0 Å². The van der Waals surface area contributed by atoms with Crippen LogP contribution in [0, 0.1) is 17.8 Å². The van der Waals surface area contributed by atoms with Crippen LogP contribution >= 0.6 is 0 Å². The number of nitrogens with zero attached hydrogens (tertiary/aromatic N) is 3. The lowest BCUT2D eigenvalue weighted by Crippen LogP contribution is -2.46. The van der Waals surface area contributed by atoms with Gasteiger partial charge in [-0.1, -0.05) is 12.1 Å². The highest BCUT2D eigenvalue weighted by molar-refractivity contribution is 6.03. The Morgan fingerprint density at radius 3 is 2.59 bits per heavy atom. The number of piperazine rings is 1. The Kier molecular flexibility index (Phi) is 5.48. The van der Waals surface area contributed by atoms with Crippen LogP contribution < -0.4 is 15.8 Å². The van der Waals surface area contributed by atoms with Crippen LogP contribution in [0.25, 0.3) is 21.9 Å². The molecular weight excluding hydrogens is 451 g/mol. The smallest absolute Gasteiger partial charge is 0.292 e. The number of anilines is 1. The second-order valence-electron chi connectivity index (χ2n) is 8.06. The van der Waals surface area contributed by atoms with Crippen molar-refractivity contribution in [3.63, 3.8) is 0 Å². The molecule has 0 unspecified atom stereocenters. The van der Waals surface area contributed by atoms with Gasteiger partial charge >= 0.3 is 0 Å². The Morgan fingerprint density at radius 1 is 1.12 bits per heavy atom. The maximum absolute atomic E-state index is 15.2. The third kappa shape index (κ3) is 3.77. The van der Waals surface area contributed by atoms with Crippen LogP contribution in [-0.2, 0) is 6.54 Å². The lowest BCUT2D eigenvalue weighted by atomic mass is 10.1. The third-order valence-electron chi connectivity index (χ3n) is 6.05. The van der Waals surface area contributed by atoms with E-state index in [1.54, 1.807) is 12.1 Å². The minimum Gasteiger partial charge on any atom is -0.425 e. The van der Waals surface area contributed by atoms with Crippen molar-refractivity contribution in [1.82, 2.24) is 20.2 Å². The first-order chi connectivity index (χ1) is 16.4. The summed E-state index contributed by atoms with van der Waals surface area (Å²) < 4.78 is 48.0. The van der Waals surface area contributed by atoms with Gasteiger partial charge in [0.2, 0.25) is 11.5 Å². The quantitative estimate of drug-likeness (QED) is 0.445. The molecule has 1 saturated heterocycles. The number of hydrogen-bond acceptors (Lipinski definition) is 6. The number of rotatable bonds is 4. The number of amides is 1. The van der Waals surface area contributed by atoms with Gasteiger partial charge in [-0.2, -0.15) is 8.78 Å². The Bertz CT molecular complexity index is 1470. The molecular formula is C23H20F3N5O3. The first-order valence-electron chi connectivity index (χ1n) is 10.6. The lowest BCUT2D eigenvalue weighted by molar-refractivity contribution is 0.0957. The summed E-state index contributed by atoms with van der Waals surface area (Å²) in [4.78, 5) is 33.8. The molecule has 3 aromatic heterocycles. The van der Waals surface area contributed by atoms with Crippen molar-refractivity contribution in [2.45, 2.75) is 6.54 Å². The molecule has 4 heterocycles. The van der Waals surface area contributed by atoms with Crippen LogP contribution in [0.5, 0.6) is 0 Å². The minimum absolute atomic E-state index is 0.00112. The van der Waals surface area contributed by atoms with Gasteiger partial charge in [0.1, 0.15) is 5.69 Å². The lowest BCUT2D eigenvalue weighted by Gasteiger charge is -2.36.